The van der Waals surface area contributed by atoms with Crippen LogP contribution in [0.4, 0.5) is 33.3 Å². The summed E-state index contributed by atoms with van der Waals surface area (Å²) in [5.74, 6) is 2.06. The van der Waals surface area contributed by atoms with Crippen molar-refractivity contribution in [1.82, 2.24) is 15.0 Å². The van der Waals surface area contributed by atoms with Gasteiger partial charge in [-0.05, 0) is 121 Å². The van der Waals surface area contributed by atoms with Crippen molar-refractivity contribution in [3.63, 3.8) is 0 Å². The van der Waals surface area contributed by atoms with E-state index >= 15 is 0 Å². The molecule has 0 saturated heterocycles. The molecular weight excluding hydrogens is 1040 g/mol. The molecule has 3 aromatic carbocycles. The summed E-state index contributed by atoms with van der Waals surface area (Å²) in [7, 11) is 1.64. The summed E-state index contributed by atoms with van der Waals surface area (Å²) >= 11 is 28.7. The molecule has 0 spiro atoms. The van der Waals surface area contributed by atoms with Crippen LogP contribution in [0.3, 0.4) is 0 Å². The van der Waals surface area contributed by atoms with Gasteiger partial charge in [-0.3, -0.25) is 19.2 Å². The van der Waals surface area contributed by atoms with Crippen LogP contribution in [0.15, 0.2) is 65.7 Å². The van der Waals surface area contributed by atoms with Gasteiger partial charge in [0, 0.05) is 36.9 Å². The fourth-order valence-corrected chi connectivity index (χ4v) is 8.63. The van der Waals surface area contributed by atoms with E-state index in [-0.39, 0.29) is 57.6 Å². The average molecular weight is 1110 g/mol. The zero-order chi connectivity index (χ0) is 54.1. The Bertz CT molecular complexity index is 2620. The van der Waals surface area contributed by atoms with Crippen molar-refractivity contribution in [3.05, 3.63) is 93.0 Å². The number of para-hydroxylation sites is 3. The molecule has 73 heavy (non-hydrogen) atoms. The lowest BCUT2D eigenvalue weighted by Gasteiger charge is -2.35. The van der Waals surface area contributed by atoms with Crippen LogP contribution in [0.2, 0.25) is 10.3 Å². The Kier molecular flexibility index (Phi) is 23.8. The van der Waals surface area contributed by atoms with Crippen LogP contribution in [0, 0.1) is 25.1 Å². The summed E-state index contributed by atoms with van der Waals surface area (Å²) in [6, 6.07) is 15.9. The number of benzene rings is 3. The van der Waals surface area contributed by atoms with Crippen molar-refractivity contribution in [3.8, 4) is 23.8 Å². The number of rotatable bonds is 14. The van der Waals surface area contributed by atoms with E-state index in [1.807, 2.05) is 77.9 Å². The summed E-state index contributed by atoms with van der Waals surface area (Å²) in [4.78, 5) is 64.4. The van der Waals surface area contributed by atoms with Crippen molar-refractivity contribution in [2.24, 2.45) is 0 Å². The number of aryl methyl sites for hydroxylation is 2. The fourth-order valence-electron chi connectivity index (χ4n) is 7.94. The Morgan fingerprint density at radius 3 is 2.18 bits per heavy atom. The molecule has 394 valence electrons. The normalized spacial score (nSPS) is 15.5. The van der Waals surface area contributed by atoms with E-state index < -0.39 is 28.6 Å². The lowest BCUT2D eigenvalue weighted by Crippen LogP contribution is -2.47. The van der Waals surface area contributed by atoms with E-state index in [9.17, 15) is 23.6 Å². The topological polar surface area (TPSA) is 168 Å². The standard InChI is InChI=1S/C18H15ClFNO3.C15H22ClNO2.C11H11Cl2NO2.C8H14ClN5/c1-3-10(2)24-16-9-15(14(20)8-13(16)19)21-17(22)11-6-4-5-7-12(11)18(21)23;1-5-13-8-6-7-11(2)15(13)17(14(18)9-16)12(3)10-19-4;1-7-6-16-9-5-3-2-4-8(9)14(7)11(15)10(12)13;1-4-10-7-12-6(9)13-8(14-7)11-5(2)3/h1,8-10H,4-7H2,2H3;6-8,12H,5,9-10H2,1-4H3;2-5,7,10H,6H2,1H3;5H,4H2,1-3H3,(H2,10,11,12,13,14). The van der Waals surface area contributed by atoms with Crippen LogP contribution in [-0.4, -0.2) is 100 Å². The molecule has 0 saturated carbocycles. The van der Waals surface area contributed by atoms with Crippen molar-refractivity contribution in [1.29, 1.82) is 0 Å². The van der Waals surface area contributed by atoms with E-state index in [1.165, 1.54) is 6.07 Å². The summed E-state index contributed by atoms with van der Waals surface area (Å²) in [6.45, 7) is 17.3. The first-order valence-electron chi connectivity index (χ1n) is 23.7. The number of alkyl halides is 3. The Labute approximate surface area is 452 Å². The highest BCUT2D eigenvalue weighted by molar-refractivity contribution is 6.54. The van der Waals surface area contributed by atoms with Gasteiger partial charge in [0.25, 0.3) is 17.7 Å². The fraction of sp³-hybridized carbons (Fsp3) is 0.442. The number of ether oxygens (including phenoxy) is 3. The second kappa shape index (κ2) is 28.9. The maximum absolute atomic E-state index is 14.4. The number of hydrogen-bond donors (Lipinski definition) is 2. The first kappa shape index (κ1) is 60.1. The highest BCUT2D eigenvalue weighted by atomic mass is 35.5. The first-order valence-corrected chi connectivity index (χ1v) is 25.8. The minimum absolute atomic E-state index is 0.0223. The smallest absolute Gasteiger partial charge is 0.261 e. The Hall–Kier alpha value is -5.41. The predicted molar refractivity (Wildman–Crippen MR) is 291 cm³/mol. The number of terminal acetylenes is 1. The lowest BCUT2D eigenvalue weighted by molar-refractivity contribution is -0.121. The number of aromatic nitrogens is 3. The van der Waals surface area contributed by atoms with E-state index in [0.717, 1.165) is 59.3 Å². The van der Waals surface area contributed by atoms with Gasteiger partial charge in [0.1, 0.15) is 29.8 Å². The Morgan fingerprint density at radius 1 is 0.959 bits per heavy atom. The number of nitrogens with one attached hydrogen (secondary N) is 2. The minimum atomic E-state index is -1.05. The SMILES string of the molecule is C#CC(C)Oc1cc(N2C(=O)C3=C(CCCC3)C2=O)c(F)cc1Cl.CC1COc2ccccc2N1C(=O)C(Cl)Cl.CCNc1nc(Cl)nc(NC(C)C)n1.CCc1cccc(C)c1N(C(=O)CCl)C(C)COC. The molecule has 7 rings (SSSR count). The van der Waals surface area contributed by atoms with Crippen LogP contribution in [0.25, 0.3) is 0 Å². The van der Waals surface area contributed by atoms with Crippen LogP contribution < -0.4 is 34.8 Å². The molecule has 0 radical (unpaired) electrons. The third kappa shape index (κ3) is 16.0. The van der Waals surface area contributed by atoms with Gasteiger partial charge in [-0.15, -0.1) is 18.0 Å². The van der Waals surface area contributed by atoms with Crippen molar-refractivity contribution in [2.75, 3.05) is 58.1 Å². The first-order chi connectivity index (χ1) is 34.7. The summed E-state index contributed by atoms with van der Waals surface area (Å²) in [5, 5.41) is 6.25. The van der Waals surface area contributed by atoms with Gasteiger partial charge in [0.15, 0.2) is 10.9 Å². The van der Waals surface area contributed by atoms with E-state index in [1.54, 1.807) is 23.8 Å². The molecule has 1 aromatic heterocycles. The number of imide groups is 1. The molecule has 3 atom stereocenters. The molecular formula is C52H62Cl5FN8O7. The number of anilines is 5. The Morgan fingerprint density at radius 2 is 1.60 bits per heavy atom. The van der Waals surface area contributed by atoms with Gasteiger partial charge < -0.3 is 34.6 Å². The summed E-state index contributed by atoms with van der Waals surface area (Å²) in [6.07, 6.45) is 8.35. The minimum Gasteiger partial charge on any atom is -0.489 e. The van der Waals surface area contributed by atoms with Gasteiger partial charge in [-0.1, -0.05) is 78.0 Å². The monoisotopic (exact) mass is 1100 g/mol. The highest BCUT2D eigenvalue weighted by Gasteiger charge is 2.41. The molecule has 15 nitrogen and oxygen atoms in total. The average Bonchev–Trinajstić information content (AvgIpc) is 3.60. The van der Waals surface area contributed by atoms with E-state index in [0.29, 0.717) is 54.8 Å². The van der Waals surface area contributed by atoms with Crippen LogP contribution in [-0.2, 0) is 30.3 Å². The third-order valence-electron chi connectivity index (χ3n) is 11.2. The number of fused-ring (bicyclic) bond motifs is 1. The second-order valence-corrected chi connectivity index (χ2v) is 19.2. The summed E-state index contributed by atoms with van der Waals surface area (Å²) in [5.41, 5.74) is 4.74. The summed E-state index contributed by atoms with van der Waals surface area (Å²) < 4.78 is 30.5. The molecule has 1 aliphatic carbocycles. The maximum Gasteiger partial charge on any atom is 0.261 e. The number of hydrogen-bond acceptors (Lipinski definition) is 12. The van der Waals surface area contributed by atoms with Gasteiger partial charge in [-0.2, -0.15) is 15.0 Å². The number of halogens is 6. The largest absolute Gasteiger partial charge is 0.489 e. The number of amides is 4. The molecule has 2 aliphatic heterocycles. The highest BCUT2D eigenvalue weighted by Crippen LogP contribution is 2.40. The lowest BCUT2D eigenvalue weighted by atomic mass is 9.93. The Balaban J connectivity index is 0.000000216. The van der Waals surface area contributed by atoms with E-state index in [4.69, 9.17) is 78.6 Å². The van der Waals surface area contributed by atoms with Crippen LogP contribution in [0.1, 0.15) is 85.3 Å². The van der Waals surface area contributed by atoms with Gasteiger partial charge in [-0.25, -0.2) is 9.29 Å². The second-order valence-electron chi connectivity index (χ2n) is 17.1. The molecule has 4 amide bonds. The molecule has 0 bridgehead atoms. The quantitative estimate of drug-likeness (QED) is 0.0697. The molecule has 0 fully saturated rings. The zero-order valence-electron chi connectivity index (χ0n) is 42.3. The van der Waals surface area contributed by atoms with Gasteiger partial charge in [0.2, 0.25) is 23.1 Å². The van der Waals surface area contributed by atoms with Crippen LogP contribution in [0.5, 0.6) is 11.5 Å². The molecule has 4 aromatic rings. The molecule has 3 aliphatic rings. The van der Waals surface area contributed by atoms with Crippen molar-refractivity contribution >= 4 is 111 Å². The van der Waals surface area contributed by atoms with Gasteiger partial charge >= 0.3 is 0 Å². The molecule has 21 heteroatoms. The molecule has 3 heterocycles. The number of methoxy groups -OCH3 is 1. The van der Waals surface area contributed by atoms with Crippen LogP contribution >= 0.6 is 58.0 Å². The number of nitrogens with zero attached hydrogens (tertiary/aromatic N) is 6. The number of carbonyl (C=O) groups is 4. The zero-order valence-corrected chi connectivity index (χ0v) is 46.1. The number of carbonyl (C=O) groups excluding carboxylic acids is 4. The maximum atomic E-state index is 14.4. The third-order valence-corrected chi connectivity index (χ3v) is 12.2. The van der Waals surface area contributed by atoms with Gasteiger partial charge in [0.05, 0.1) is 40.8 Å². The molecule has 3 unspecified atom stereocenters. The van der Waals surface area contributed by atoms with E-state index in [2.05, 4.69) is 44.5 Å². The van der Waals surface area contributed by atoms with Crippen molar-refractivity contribution < 1.29 is 37.8 Å². The molecule has 2 N–H and O–H groups in total. The predicted octanol–water partition coefficient (Wildman–Crippen LogP) is 11.2. The van der Waals surface area contributed by atoms with Crippen molar-refractivity contribution in [2.45, 2.75) is 117 Å².